The van der Waals surface area contributed by atoms with Crippen LogP contribution in [0, 0.1) is 35.5 Å². The summed E-state index contributed by atoms with van der Waals surface area (Å²) >= 11 is 0. The standard InChI is InChI=1S/C12H14O4/c13-3-9-7-1-2-8(11(9)5-15)12(6-16)10(7)4-14/h3-12H,1-2H2. The molecule has 0 aromatic rings. The summed E-state index contributed by atoms with van der Waals surface area (Å²) in [7, 11) is 0. The zero-order valence-corrected chi connectivity index (χ0v) is 8.82. The quantitative estimate of drug-likeness (QED) is 0.641. The zero-order valence-electron chi connectivity index (χ0n) is 8.82. The molecule has 0 amide bonds. The molecule has 4 atom stereocenters. The van der Waals surface area contributed by atoms with Gasteiger partial charge in [-0.1, -0.05) is 0 Å². The Hall–Kier alpha value is -1.32. The minimum absolute atomic E-state index is 0.120. The SMILES string of the molecule is O=CC1C(C=O)C2CCC1C(C=O)C2C=O. The molecule has 3 saturated carbocycles. The van der Waals surface area contributed by atoms with Crippen molar-refractivity contribution in [3.05, 3.63) is 0 Å². The van der Waals surface area contributed by atoms with Crippen LogP contribution in [0.3, 0.4) is 0 Å². The fraction of sp³-hybridized carbons (Fsp3) is 0.667. The van der Waals surface area contributed by atoms with Gasteiger partial charge >= 0.3 is 0 Å². The number of aldehydes is 4. The van der Waals surface area contributed by atoms with Crippen LogP contribution in [-0.2, 0) is 19.2 Å². The van der Waals surface area contributed by atoms with Gasteiger partial charge in [-0.05, 0) is 24.7 Å². The molecule has 2 bridgehead atoms. The van der Waals surface area contributed by atoms with Crippen molar-refractivity contribution in [3.8, 4) is 0 Å². The summed E-state index contributed by atoms with van der Waals surface area (Å²) in [6.45, 7) is 0. The van der Waals surface area contributed by atoms with E-state index >= 15 is 0 Å². The number of carbonyl (C=O) groups is 4. The summed E-state index contributed by atoms with van der Waals surface area (Å²) in [5.41, 5.74) is 0. The molecular formula is C12H14O4. The fourth-order valence-corrected chi connectivity index (χ4v) is 3.58. The van der Waals surface area contributed by atoms with Gasteiger partial charge in [-0.15, -0.1) is 0 Å². The second-order valence-corrected chi connectivity index (χ2v) is 4.76. The van der Waals surface area contributed by atoms with Crippen LogP contribution in [0.5, 0.6) is 0 Å². The Morgan fingerprint density at radius 3 is 1.00 bits per heavy atom. The summed E-state index contributed by atoms with van der Waals surface area (Å²) in [5, 5.41) is 0. The second-order valence-electron chi connectivity index (χ2n) is 4.76. The smallest absolute Gasteiger partial charge is 0.124 e. The minimum Gasteiger partial charge on any atom is -0.303 e. The normalized spacial score (nSPS) is 46.0. The van der Waals surface area contributed by atoms with Crippen molar-refractivity contribution in [2.75, 3.05) is 0 Å². The molecule has 3 aliphatic rings. The summed E-state index contributed by atoms with van der Waals surface area (Å²) in [6, 6.07) is 0. The lowest BCUT2D eigenvalue weighted by Gasteiger charge is -2.50. The number of fused-ring (bicyclic) bond motifs is 3. The van der Waals surface area contributed by atoms with Crippen LogP contribution >= 0.6 is 0 Å². The van der Waals surface area contributed by atoms with Gasteiger partial charge in [-0.25, -0.2) is 0 Å². The molecule has 3 rings (SSSR count). The molecule has 16 heavy (non-hydrogen) atoms. The molecule has 0 saturated heterocycles. The first-order chi connectivity index (χ1) is 7.78. The molecule has 4 heteroatoms. The van der Waals surface area contributed by atoms with Crippen LogP contribution in [0.25, 0.3) is 0 Å². The number of hydrogen-bond donors (Lipinski definition) is 0. The van der Waals surface area contributed by atoms with Crippen LogP contribution < -0.4 is 0 Å². The molecule has 0 spiro atoms. The minimum atomic E-state index is -0.373. The van der Waals surface area contributed by atoms with Gasteiger partial charge in [-0.2, -0.15) is 0 Å². The molecule has 0 aromatic carbocycles. The predicted octanol–water partition coefficient (Wildman–Crippen LogP) is 0.287. The first-order valence-electron chi connectivity index (χ1n) is 5.59. The van der Waals surface area contributed by atoms with Crippen molar-refractivity contribution in [2.24, 2.45) is 35.5 Å². The Morgan fingerprint density at radius 1 is 0.562 bits per heavy atom. The maximum Gasteiger partial charge on any atom is 0.124 e. The third-order valence-electron chi connectivity index (χ3n) is 4.33. The lowest BCUT2D eigenvalue weighted by Crippen LogP contribution is -2.53. The van der Waals surface area contributed by atoms with E-state index in [1.54, 1.807) is 0 Å². The monoisotopic (exact) mass is 222 g/mol. The Bertz CT molecular complexity index is 265. The third-order valence-corrected chi connectivity index (χ3v) is 4.33. The highest BCUT2D eigenvalue weighted by atomic mass is 16.1. The van der Waals surface area contributed by atoms with E-state index in [1.807, 2.05) is 0 Å². The molecule has 86 valence electrons. The summed E-state index contributed by atoms with van der Waals surface area (Å²) in [4.78, 5) is 44.0. The molecule has 0 N–H and O–H groups in total. The molecule has 0 radical (unpaired) electrons. The summed E-state index contributed by atoms with van der Waals surface area (Å²) in [6.07, 6.45) is 4.68. The van der Waals surface area contributed by atoms with Crippen molar-refractivity contribution in [1.29, 1.82) is 0 Å². The van der Waals surface area contributed by atoms with Gasteiger partial charge in [0.2, 0.25) is 0 Å². The van der Waals surface area contributed by atoms with Crippen LogP contribution in [0.4, 0.5) is 0 Å². The Morgan fingerprint density at radius 2 is 0.812 bits per heavy atom. The van der Waals surface area contributed by atoms with E-state index < -0.39 is 0 Å². The lowest BCUT2D eigenvalue weighted by molar-refractivity contribution is -0.148. The number of rotatable bonds is 4. The number of hydrogen-bond acceptors (Lipinski definition) is 4. The van der Waals surface area contributed by atoms with Crippen LogP contribution in [0.2, 0.25) is 0 Å². The van der Waals surface area contributed by atoms with Crippen molar-refractivity contribution in [1.82, 2.24) is 0 Å². The van der Waals surface area contributed by atoms with Crippen molar-refractivity contribution in [3.63, 3.8) is 0 Å². The first kappa shape index (κ1) is 11.2. The molecule has 3 fully saturated rings. The fourth-order valence-electron chi connectivity index (χ4n) is 3.58. The zero-order chi connectivity index (χ0) is 11.7. The van der Waals surface area contributed by atoms with Crippen molar-refractivity contribution >= 4 is 25.1 Å². The van der Waals surface area contributed by atoms with Crippen molar-refractivity contribution in [2.45, 2.75) is 12.8 Å². The Labute approximate surface area is 93.4 Å². The molecule has 4 unspecified atom stereocenters. The molecule has 0 aromatic heterocycles. The van der Waals surface area contributed by atoms with E-state index in [0.29, 0.717) is 0 Å². The average molecular weight is 222 g/mol. The topological polar surface area (TPSA) is 68.3 Å². The van der Waals surface area contributed by atoms with E-state index in [2.05, 4.69) is 0 Å². The third kappa shape index (κ3) is 1.36. The van der Waals surface area contributed by atoms with Crippen molar-refractivity contribution < 1.29 is 19.2 Å². The largest absolute Gasteiger partial charge is 0.303 e. The van der Waals surface area contributed by atoms with E-state index in [0.717, 1.165) is 38.0 Å². The maximum absolute atomic E-state index is 11.0. The molecule has 3 aliphatic carbocycles. The van der Waals surface area contributed by atoms with Gasteiger partial charge in [0.25, 0.3) is 0 Å². The van der Waals surface area contributed by atoms with Gasteiger partial charge < -0.3 is 19.2 Å². The van der Waals surface area contributed by atoms with E-state index in [4.69, 9.17) is 0 Å². The number of carbonyl (C=O) groups excluding carboxylic acids is 4. The predicted molar refractivity (Wildman–Crippen MR) is 54.4 cm³/mol. The Balaban J connectivity index is 2.37. The highest BCUT2D eigenvalue weighted by Crippen LogP contribution is 2.52. The molecule has 4 nitrogen and oxygen atoms in total. The summed E-state index contributed by atoms with van der Waals surface area (Å²) < 4.78 is 0. The average Bonchev–Trinajstić information content (AvgIpc) is 2.36. The highest BCUT2D eigenvalue weighted by molar-refractivity contribution is 5.73. The van der Waals surface area contributed by atoms with Gasteiger partial charge in [0.05, 0.1) is 0 Å². The maximum atomic E-state index is 11.0. The lowest BCUT2D eigenvalue weighted by atomic mass is 9.51. The van der Waals surface area contributed by atoms with E-state index in [9.17, 15) is 19.2 Å². The van der Waals surface area contributed by atoms with Gasteiger partial charge in [0, 0.05) is 23.7 Å². The molecule has 0 heterocycles. The van der Waals surface area contributed by atoms with E-state index in [1.165, 1.54) is 0 Å². The van der Waals surface area contributed by atoms with Crippen LogP contribution in [0.15, 0.2) is 0 Å². The highest BCUT2D eigenvalue weighted by Gasteiger charge is 2.53. The van der Waals surface area contributed by atoms with Gasteiger partial charge in [0.15, 0.2) is 0 Å². The van der Waals surface area contributed by atoms with Crippen LogP contribution in [-0.4, -0.2) is 25.1 Å². The van der Waals surface area contributed by atoms with Crippen LogP contribution in [0.1, 0.15) is 12.8 Å². The van der Waals surface area contributed by atoms with Gasteiger partial charge in [-0.3, -0.25) is 0 Å². The van der Waals surface area contributed by atoms with Gasteiger partial charge in [0.1, 0.15) is 25.1 Å². The first-order valence-corrected chi connectivity index (χ1v) is 5.59. The van der Waals surface area contributed by atoms with E-state index in [-0.39, 0.29) is 35.5 Å². The summed E-state index contributed by atoms with van der Waals surface area (Å²) in [5.74, 6) is -1.73. The second kappa shape index (κ2) is 4.28. The molecule has 0 aliphatic heterocycles. The Kier molecular flexibility index (Phi) is 2.99. The molecular weight excluding hydrogens is 208 g/mol.